The van der Waals surface area contributed by atoms with Crippen molar-refractivity contribution in [1.29, 1.82) is 0 Å². The van der Waals surface area contributed by atoms with Gasteiger partial charge >= 0.3 is 0 Å². The number of fused-ring (bicyclic) bond motifs is 1. The Labute approximate surface area is 110 Å². The minimum Gasteiger partial charge on any atom is -0.326 e. The zero-order chi connectivity index (χ0) is 12.7. The molecule has 0 aliphatic rings. The van der Waals surface area contributed by atoms with Crippen LogP contribution in [0.3, 0.4) is 0 Å². The average molecular weight is 257 g/mol. The summed E-state index contributed by atoms with van der Waals surface area (Å²) in [5, 5.41) is 0. The minimum atomic E-state index is 0.564. The molecule has 0 spiro atoms. The third-order valence-corrected chi connectivity index (χ3v) is 4.14. The first-order valence-corrected chi connectivity index (χ1v) is 6.73. The first-order valence-electron chi connectivity index (χ1n) is 5.91. The van der Waals surface area contributed by atoms with Crippen molar-refractivity contribution in [2.45, 2.75) is 13.5 Å². The number of imidazole rings is 1. The number of benzene rings is 1. The van der Waals surface area contributed by atoms with Crippen LogP contribution in [0.25, 0.3) is 21.7 Å². The Morgan fingerprint density at radius 2 is 2.11 bits per heavy atom. The third-order valence-electron chi connectivity index (χ3n) is 3.14. The molecular weight excluding hydrogens is 242 g/mol. The summed E-state index contributed by atoms with van der Waals surface area (Å²) in [7, 11) is 2.06. The van der Waals surface area contributed by atoms with E-state index in [0.717, 1.165) is 22.4 Å². The number of rotatable bonds is 2. The van der Waals surface area contributed by atoms with Crippen molar-refractivity contribution < 1.29 is 0 Å². The maximum atomic E-state index is 5.68. The van der Waals surface area contributed by atoms with Crippen LogP contribution in [-0.2, 0) is 13.6 Å². The number of aromatic nitrogens is 2. The minimum absolute atomic E-state index is 0.564. The van der Waals surface area contributed by atoms with Gasteiger partial charge in [0.05, 0.1) is 15.9 Å². The van der Waals surface area contributed by atoms with Gasteiger partial charge in [0, 0.05) is 18.5 Å². The van der Waals surface area contributed by atoms with E-state index < -0.39 is 0 Å². The van der Waals surface area contributed by atoms with Crippen molar-refractivity contribution in [2.75, 3.05) is 0 Å². The molecule has 4 heteroatoms. The van der Waals surface area contributed by atoms with E-state index in [2.05, 4.69) is 36.7 Å². The van der Waals surface area contributed by atoms with Crippen LogP contribution in [0.4, 0.5) is 0 Å². The van der Waals surface area contributed by atoms with E-state index in [4.69, 9.17) is 10.7 Å². The molecule has 2 heterocycles. The molecule has 0 amide bonds. The van der Waals surface area contributed by atoms with Gasteiger partial charge in [0.25, 0.3) is 0 Å². The summed E-state index contributed by atoms with van der Waals surface area (Å²) in [5.41, 5.74) is 8.98. The highest BCUT2D eigenvalue weighted by molar-refractivity contribution is 7.15. The van der Waals surface area contributed by atoms with Crippen molar-refractivity contribution in [2.24, 2.45) is 12.8 Å². The van der Waals surface area contributed by atoms with Crippen LogP contribution >= 0.6 is 11.3 Å². The van der Waals surface area contributed by atoms with Crippen LogP contribution in [0.2, 0.25) is 0 Å². The first-order chi connectivity index (χ1) is 8.69. The van der Waals surface area contributed by atoms with Gasteiger partial charge in [-0.05, 0) is 36.8 Å². The fraction of sp³-hybridized carbons (Fsp3) is 0.214. The fourth-order valence-corrected chi connectivity index (χ4v) is 3.03. The van der Waals surface area contributed by atoms with E-state index in [1.165, 1.54) is 9.75 Å². The van der Waals surface area contributed by atoms with Crippen molar-refractivity contribution in [1.82, 2.24) is 9.55 Å². The monoisotopic (exact) mass is 257 g/mol. The third kappa shape index (κ3) is 1.74. The molecule has 2 aromatic heterocycles. The van der Waals surface area contributed by atoms with Crippen molar-refractivity contribution >= 4 is 22.4 Å². The number of hydrogen-bond donors (Lipinski definition) is 1. The van der Waals surface area contributed by atoms with E-state index in [-0.39, 0.29) is 0 Å². The van der Waals surface area contributed by atoms with Gasteiger partial charge in [-0.3, -0.25) is 0 Å². The molecule has 0 saturated heterocycles. The normalized spacial score (nSPS) is 11.3. The molecular formula is C14H15N3S. The second-order valence-electron chi connectivity index (χ2n) is 4.43. The molecule has 3 nitrogen and oxygen atoms in total. The Hall–Kier alpha value is -1.65. The molecule has 18 heavy (non-hydrogen) atoms. The fourth-order valence-electron chi connectivity index (χ4n) is 2.14. The summed E-state index contributed by atoms with van der Waals surface area (Å²) in [6, 6.07) is 10.5. The summed E-state index contributed by atoms with van der Waals surface area (Å²) in [6.07, 6.45) is 0. The van der Waals surface area contributed by atoms with Gasteiger partial charge < -0.3 is 10.3 Å². The molecule has 0 bridgehead atoms. The van der Waals surface area contributed by atoms with Crippen molar-refractivity contribution in [3.8, 4) is 10.7 Å². The molecule has 0 saturated carbocycles. The lowest BCUT2D eigenvalue weighted by Crippen LogP contribution is -1.96. The van der Waals surface area contributed by atoms with Crippen LogP contribution < -0.4 is 5.73 Å². The summed E-state index contributed by atoms with van der Waals surface area (Å²) in [4.78, 5) is 7.22. The van der Waals surface area contributed by atoms with Gasteiger partial charge in [-0.2, -0.15) is 0 Å². The molecule has 3 aromatic rings. The van der Waals surface area contributed by atoms with Crippen LogP contribution in [0, 0.1) is 6.92 Å². The molecule has 92 valence electrons. The van der Waals surface area contributed by atoms with Gasteiger partial charge in [-0.1, -0.05) is 6.07 Å². The number of nitrogens with zero attached hydrogens (tertiary/aromatic N) is 2. The van der Waals surface area contributed by atoms with E-state index in [9.17, 15) is 0 Å². The lowest BCUT2D eigenvalue weighted by Gasteiger charge is -2.00. The number of aryl methyl sites for hydroxylation is 2. The maximum Gasteiger partial charge on any atom is 0.150 e. The molecule has 0 fully saturated rings. The van der Waals surface area contributed by atoms with Gasteiger partial charge in [0.15, 0.2) is 5.82 Å². The first kappa shape index (κ1) is 11.4. The Balaban J connectivity index is 2.22. The Kier molecular flexibility index (Phi) is 2.69. The highest BCUT2D eigenvalue weighted by Crippen LogP contribution is 2.29. The zero-order valence-electron chi connectivity index (χ0n) is 10.5. The number of nitrogens with two attached hydrogens (primary N) is 1. The molecule has 0 aliphatic carbocycles. The Bertz CT molecular complexity index is 709. The lowest BCUT2D eigenvalue weighted by atomic mass is 10.2. The molecule has 2 N–H and O–H groups in total. The van der Waals surface area contributed by atoms with E-state index in [1.54, 1.807) is 11.3 Å². The van der Waals surface area contributed by atoms with Gasteiger partial charge in [-0.15, -0.1) is 11.3 Å². The van der Waals surface area contributed by atoms with Gasteiger partial charge in [0.2, 0.25) is 0 Å². The second-order valence-corrected chi connectivity index (χ2v) is 5.72. The van der Waals surface area contributed by atoms with E-state index in [0.29, 0.717) is 6.54 Å². The largest absolute Gasteiger partial charge is 0.326 e. The highest BCUT2D eigenvalue weighted by Gasteiger charge is 2.11. The van der Waals surface area contributed by atoms with Crippen LogP contribution in [0.1, 0.15) is 10.4 Å². The summed E-state index contributed by atoms with van der Waals surface area (Å²) in [6.45, 7) is 2.68. The second kappa shape index (κ2) is 4.23. The molecule has 0 unspecified atom stereocenters. The van der Waals surface area contributed by atoms with E-state index >= 15 is 0 Å². The summed E-state index contributed by atoms with van der Waals surface area (Å²) in [5.74, 6) is 1.03. The van der Waals surface area contributed by atoms with Gasteiger partial charge in [0.1, 0.15) is 0 Å². The highest BCUT2D eigenvalue weighted by atomic mass is 32.1. The molecule has 0 aliphatic heterocycles. The smallest absolute Gasteiger partial charge is 0.150 e. The molecule has 0 atom stereocenters. The molecule has 0 radical (unpaired) electrons. The van der Waals surface area contributed by atoms with Crippen LogP contribution in [0.5, 0.6) is 0 Å². The standard InChI is InChI=1S/C14H15N3S/c1-9-3-6-13(18-9)14-16-11-5-4-10(8-15)7-12(11)17(14)2/h3-7H,8,15H2,1-2H3. The lowest BCUT2D eigenvalue weighted by molar-refractivity contribution is 0.960. The van der Waals surface area contributed by atoms with Crippen molar-refractivity contribution in [3.63, 3.8) is 0 Å². The Morgan fingerprint density at radius 3 is 2.78 bits per heavy atom. The van der Waals surface area contributed by atoms with Gasteiger partial charge in [-0.25, -0.2) is 4.98 Å². The summed E-state index contributed by atoms with van der Waals surface area (Å²) < 4.78 is 2.14. The summed E-state index contributed by atoms with van der Waals surface area (Å²) >= 11 is 1.77. The predicted octanol–water partition coefficient (Wildman–Crippen LogP) is 3.07. The number of hydrogen-bond acceptors (Lipinski definition) is 3. The quantitative estimate of drug-likeness (QED) is 0.766. The predicted molar refractivity (Wildman–Crippen MR) is 76.7 cm³/mol. The zero-order valence-corrected chi connectivity index (χ0v) is 11.3. The van der Waals surface area contributed by atoms with E-state index in [1.807, 2.05) is 12.1 Å². The van der Waals surface area contributed by atoms with Crippen LogP contribution in [-0.4, -0.2) is 9.55 Å². The molecule has 1 aromatic carbocycles. The topological polar surface area (TPSA) is 43.8 Å². The maximum absolute atomic E-state index is 5.68. The molecule has 3 rings (SSSR count). The Morgan fingerprint density at radius 1 is 1.28 bits per heavy atom. The van der Waals surface area contributed by atoms with Crippen molar-refractivity contribution in [3.05, 3.63) is 40.8 Å². The van der Waals surface area contributed by atoms with Crippen LogP contribution in [0.15, 0.2) is 30.3 Å². The average Bonchev–Trinajstić information content (AvgIpc) is 2.94. The number of thiophene rings is 1. The SMILES string of the molecule is Cc1ccc(-c2nc3ccc(CN)cc3n2C)s1.